The summed E-state index contributed by atoms with van der Waals surface area (Å²) in [5.74, 6) is 1.53. The smallest absolute Gasteiger partial charge is 0.320 e. The molecule has 7 heteroatoms. The van der Waals surface area contributed by atoms with Crippen LogP contribution < -0.4 is 5.73 Å². The fourth-order valence-electron chi connectivity index (χ4n) is 5.06. The van der Waals surface area contributed by atoms with Gasteiger partial charge in [-0.3, -0.25) is 4.79 Å². The van der Waals surface area contributed by atoms with E-state index in [4.69, 9.17) is 5.73 Å². The highest BCUT2D eigenvalue weighted by Crippen LogP contribution is 2.42. The molecule has 2 aliphatic carbocycles. The number of rotatable bonds is 3. The van der Waals surface area contributed by atoms with Crippen molar-refractivity contribution >= 4 is 24.3 Å². The van der Waals surface area contributed by atoms with Gasteiger partial charge in [-0.1, -0.05) is 6.42 Å². The van der Waals surface area contributed by atoms with Crippen LogP contribution in [0.5, 0.6) is 0 Å². The third-order valence-corrected chi connectivity index (χ3v) is 6.66. The van der Waals surface area contributed by atoms with E-state index in [0.29, 0.717) is 50.0 Å². The maximum atomic E-state index is 13.0. The van der Waals surface area contributed by atoms with Crippen LogP contribution in [0.15, 0.2) is 0 Å². The zero-order chi connectivity index (χ0) is 18.0. The zero-order valence-corrected chi connectivity index (χ0v) is 17.0. The lowest BCUT2D eigenvalue weighted by Gasteiger charge is -2.45. The van der Waals surface area contributed by atoms with Gasteiger partial charge in [0.2, 0.25) is 5.91 Å². The fourth-order valence-corrected chi connectivity index (χ4v) is 5.06. The molecule has 2 bridgehead atoms. The molecule has 3 fully saturated rings. The largest absolute Gasteiger partial charge is 0.339 e. The van der Waals surface area contributed by atoms with Crippen LogP contribution in [0.3, 0.4) is 0 Å². The molecule has 0 radical (unpaired) electrons. The fraction of sp³-hybridized carbons (Fsp3) is 0.895. The summed E-state index contributed by atoms with van der Waals surface area (Å²) in [6.07, 6.45) is 5.58. The SMILES string of the molecule is CCN(CC)C(=O)N1CCN(C(=O)C2CC3CCCC(C2)C3N)CC1.Cl. The predicted octanol–water partition coefficient (Wildman–Crippen LogP) is 2.17. The minimum absolute atomic E-state index is 0. The number of nitrogens with two attached hydrogens (primary N) is 1. The molecule has 2 atom stereocenters. The Bertz CT molecular complexity index is 478. The summed E-state index contributed by atoms with van der Waals surface area (Å²) in [7, 11) is 0. The number of fused-ring (bicyclic) bond motifs is 2. The normalized spacial score (nSPS) is 31.2. The number of amides is 3. The maximum Gasteiger partial charge on any atom is 0.320 e. The molecule has 0 aromatic rings. The second kappa shape index (κ2) is 9.27. The van der Waals surface area contributed by atoms with Crippen LogP contribution in [0.4, 0.5) is 4.79 Å². The van der Waals surface area contributed by atoms with Gasteiger partial charge in [0.25, 0.3) is 0 Å². The molecule has 26 heavy (non-hydrogen) atoms. The summed E-state index contributed by atoms with van der Waals surface area (Å²) in [5, 5.41) is 0. The molecule has 3 aliphatic rings. The first-order valence-electron chi connectivity index (χ1n) is 10.1. The summed E-state index contributed by atoms with van der Waals surface area (Å²) in [6, 6.07) is 0.414. The molecule has 0 aromatic carbocycles. The molecule has 2 unspecified atom stereocenters. The predicted molar refractivity (Wildman–Crippen MR) is 105 cm³/mol. The first-order valence-corrected chi connectivity index (χ1v) is 10.1. The average molecular weight is 387 g/mol. The van der Waals surface area contributed by atoms with Gasteiger partial charge in [0.1, 0.15) is 0 Å². The Morgan fingerprint density at radius 3 is 1.96 bits per heavy atom. The van der Waals surface area contributed by atoms with Gasteiger partial charge in [-0.05, 0) is 51.4 Å². The minimum atomic E-state index is 0. The number of halogens is 1. The highest BCUT2D eigenvalue weighted by molar-refractivity contribution is 5.85. The van der Waals surface area contributed by atoms with Gasteiger partial charge in [-0.15, -0.1) is 12.4 Å². The Kier molecular flexibility index (Phi) is 7.59. The Labute approximate surface area is 163 Å². The lowest BCUT2D eigenvalue weighted by molar-refractivity contribution is -0.140. The number of carbonyl (C=O) groups excluding carboxylic acids is 2. The van der Waals surface area contributed by atoms with Crippen LogP contribution in [0, 0.1) is 17.8 Å². The van der Waals surface area contributed by atoms with Crippen molar-refractivity contribution in [2.45, 2.75) is 52.0 Å². The summed E-state index contributed by atoms with van der Waals surface area (Å²) in [4.78, 5) is 31.2. The van der Waals surface area contributed by atoms with E-state index >= 15 is 0 Å². The number of hydrogen-bond acceptors (Lipinski definition) is 3. The summed E-state index contributed by atoms with van der Waals surface area (Å²) in [6.45, 7) is 8.13. The van der Waals surface area contributed by atoms with Crippen LogP contribution in [-0.4, -0.2) is 71.9 Å². The van der Waals surface area contributed by atoms with Crippen molar-refractivity contribution in [1.29, 1.82) is 0 Å². The van der Waals surface area contributed by atoms with Crippen molar-refractivity contribution < 1.29 is 9.59 Å². The summed E-state index contributed by atoms with van der Waals surface area (Å²) >= 11 is 0. The topological polar surface area (TPSA) is 69.9 Å². The van der Waals surface area contributed by atoms with Gasteiger partial charge in [-0.2, -0.15) is 0 Å². The lowest BCUT2D eigenvalue weighted by Crippen LogP contribution is -2.56. The highest BCUT2D eigenvalue weighted by Gasteiger charge is 2.42. The standard InChI is InChI=1S/C19H34N4O2.ClH/c1-3-21(4-2)19(25)23-10-8-22(9-11-23)18(24)16-12-14-6-5-7-15(13-16)17(14)20;/h14-17H,3-13,20H2,1-2H3;1H. The van der Waals surface area contributed by atoms with E-state index in [-0.39, 0.29) is 24.4 Å². The van der Waals surface area contributed by atoms with E-state index in [1.807, 2.05) is 28.5 Å². The van der Waals surface area contributed by atoms with E-state index in [9.17, 15) is 9.59 Å². The highest BCUT2D eigenvalue weighted by atomic mass is 35.5. The van der Waals surface area contributed by atoms with Gasteiger partial charge in [0.15, 0.2) is 0 Å². The molecule has 150 valence electrons. The second-order valence-corrected chi connectivity index (χ2v) is 7.96. The van der Waals surface area contributed by atoms with E-state index < -0.39 is 0 Å². The quantitative estimate of drug-likeness (QED) is 0.808. The van der Waals surface area contributed by atoms with Crippen LogP contribution in [-0.2, 0) is 4.79 Å². The molecule has 2 N–H and O–H groups in total. The van der Waals surface area contributed by atoms with Crippen molar-refractivity contribution in [2.24, 2.45) is 23.5 Å². The molecule has 1 saturated heterocycles. The van der Waals surface area contributed by atoms with E-state index in [1.165, 1.54) is 19.3 Å². The van der Waals surface area contributed by atoms with Gasteiger partial charge < -0.3 is 20.4 Å². The molecule has 0 aromatic heterocycles. The van der Waals surface area contributed by atoms with Crippen LogP contribution in [0.1, 0.15) is 46.0 Å². The van der Waals surface area contributed by atoms with Crippen molar-refractivity contribution in [3.05, 3.63) is 0 Å². The number of piperazine rings is 1. The van der Waals surface area contributed by atoms with Crippen molar-refractivity contribution in [3.63, 3.8) is 0 Å². The number of hydrogen-bond donors (Lipinski definition) is 1. The Hall–Kier alpha value is -1.01. The molecule has 3 rings (SSSR count). The summed E-state index contributed by atoms with van der Waals surface area (Å²) < 4.78 is 0. The second-order valence-electron chi connectivity index (χ2n) is 7.96. The Balaban J connectivity index is 0.00000243. The Morgan fingerprint density at radius 1 is 0.962 bits per heavy atom. The van der Waals surface area contributed by atoms with Gasteiger partial charge in [0.05, 0.1) is 0 Å². The molecule has 1 heterocycles. The number of nitrogens with zero attached hydrogens (tertiary/aromatic N) is 3. The third kappa shape index (κ3) is 4.28. The van der Waals surface area contributed by atoms with E-state index in [2.05, 4.69) is 0 Å². The minimum Gasteiger partial charge on any atom is -0.339 e. The first-order chi connectivity index (χ1) is 12.0. The van der Waals surface area contributed by atoms with E-state index in [0.717, 1.165) is 25.9 Å². The Morgan fingerprint density at radius 2 is 1.46 bits per heavy atom. The number of carbonyl (C=O) groups is 2. The summed E-state index contributed by atoms with van der Waals surface area (Å²) in [5.41, 5.74) is 6.36. The van der Waals surface area contributed by atoms with Crippen LogP contribution in [0.25, 0.3) is 0 Å². The average Bonchev–Trinajstić information content (AvgIpc) is 2.62. The molecular formula is C19H35ClN4O2. The third-order valence-electron chi connectivity index (χ3n) is 6.66. The lowest BCUT2D eigenvalue weighted by atomic mass is 9.65. The van der Waals surface area contributed by atoms with Gasteiger partial charge >= 0.3 is 6.03 Å². The van der Waals surface area contributed by atoms with Crippen LogP contribution in [0.2, 0.25) is 0 Å². The maximum absolute atomic E-state index is 13.0. The van der Waals surface area contributed by atoms with Crippen molar-refractivity contribution in [1.82, 2.24) is 14.7 Å². The molecule has 6 nitrogen and oxygen atoms in total. The molecular weight excluding hydrogens is 352 g/mol. The monoisotopic (exact) mass is 386 g/mol. The van der Waals surface area contributed by atoms with E-state index in [1.54, 1.807) is 0 Å². The van der Waals surface area contributed by atoms with Crippen molar-refractivity contribution in [3.8, 4) is 0 Å². The number of urea groups is 1. The first kappa shape index (κ1) is 21.3. The molecule has 2 saturated carbocycles. The molecule has 3 amide bonds. The van der Waals surface area contributed by atoms with Crippen LogP contribution >= 0.6 is 12.4 Å². The molecule has 0 spiro atoms. The zero-order valence-electron chi connectivity index (χ0n) is 16.2. The van der Waals surface area contributed by atoms with Gasteiger partial charge in [-0.25, -0.2) is 4.79 Å². The molecule has 1 aliphatic heterocycles. The van der Waals surface area contributed by atoms with Crippen molar-refractivity contribution in [2.75, 3.05) is 39.3 Å². The van der Waals surface area contributed by atoms with Gasteiger partial charge in [0, 0.05) is 51.2 Å².